The van der Waals surface area contributed by atoms with Crippen LogP contribution in [0.25, 0.3) is 0 Å². The minimum Gasteiger partial charge on any atom is -0.481 e. The standard InChI is InChI=1S/C12H12Cl2N2O4/c1-6-4-15(5-7(6)12(17)18)10-2-8(13)9(14)3-11(10)16(19)20/h2-3,6-7H,4-5H2,1H3,(H,17,18). The number of carboxylic acids is 1. The SMILES string of the molecule is CC1CN(c2cc(Cl)c(Cl)cc2[N+](=O)[O-])CC1C(=O)O. The number of carbonyl (C=O) groups is 1. The van der Waals surface area contributed by atoms with Gasteiger partial charge in [-0.05, 0) is 12.0 Å². The van der Waals surface area contributed by atoms with Crippen LogP contribution in [0.4, 0.5) is 11.4 Å². The smallest absolute Gasteiger partial charge is 0.308 e. The lowest BCUT2D eigenvalue weighted by atomic mass is 9.99. The number of halogens is 2. The third-order valence-electron chi connectivity index (χ3n) is 3.48. The highest BCUT2D eigenvalue weighted by Gasteiger charge is 2.37. The zero-order valence-electron chi connectivity index (χ0n) is 10.5. The Balaban J connectivity index is 2.41. The molecular weight excluding hydrogens is 307 g/mol. The molecule has 0 spiro atoms. The van der Waals surface area contributed by atoms with Gasteiger partial charge in [-0.1, -0.05) is 30.1 Å². The third kappa shape index (κ3) is 2.66. The minimum absolute atomic E-state index is 0.0958. The Hall–Kier alpha value is -1.53. The van der Waals surface area contributed by atoms with E-state index in [1.807, 2.05) is 6.92 Å². The van der Waals surface area contributed by atoms with Gasteiger partial charge in [-0.15, -0.1) is 0 Å². The number of aliphatic carboxylic acids is 1. The van der Waals surface area contributed by atoms with Crippen LogP contribution in [0, 0.1) is 22.0 Å². The van der Waals surface area contributed by atoms with Crippen molar-refractivity contribution in [1.29, 1.82) is 0 Å². The fraction of sp³-hybridized carbons (Fsp3) is 0.417. The van der Waals surface area contributed by atoms with Crippen LogP contribution in [-0.4, -0.2) is 29.1 Å². The van der Waals surface area contributed by atoms with Crippen LogP contribution in [0.5, 0.6) is 0 Å². The van der Waals surface area contributed by atoms with Crippen LogP contribution in [0.1, 0.15) is 6.92 Å². The molecule has 1 aliphatic heterocycles. The van der Waals surface area contributed by atoms with Gasteiger partial charge in [0.2, 0.25) is 0 Å². The third-order valence-corrected chi connectivity index (χ3v) is 4.21. The molecule has 1 aromatic carbocycles. The number of rotatable bonds is 3. The van der Waals surface area contributed by atoms with Gasteiger partial charge in [0.1, 0.15) is 5.69 Å². The molecular formula is C12H12Cl2N2O4. The molecule has 108 valence electrons. The van der Waals surface area contributed by atoms with Crippen molar-refractivity contribution in [2.75, 3.05) is 18.0 Å². The fourth-order valence-corrected chi connectivity index (χ4v) is 2.73. The lowest BCUT2D eigenvalue weighted by Crippen LogP contribution is -2.23. The maximum atomic E-state index is 11.1. The number of benzene rings is 1. The van der Waals surface area contributed by atoms with Crippen molar-refractivity contribution in [3.63, 3.8) is 0 Å². The van der Waals surface area contributed by atoms with E-state index in [2.05, 4.69) is 0 Å². The van der Waals surface area contributed by atoms with Crippen LogP contribution in [0.15, 0.2) is 12.1 Å². The van der Waals surface area contributed by atoms with E-state index in [-0.39, 0.29) is 28.2 Å². The predicted molar refractivity (Wildman–Crippen MR) is 75.6 cm³/mol. The van der Waals surface area contributed by atoms with E-state index in [1.54, 1.807) is 4.90 Å². The summed E-state index contributed by atoms with van der Waals surface area (Å²) in [5, 5.41) is 20.5. The Bertz CT molecular complexity index is 579. The number of carboxylic acid groups (broad SMARTS) is 1. The first-order valence-electron chi connectivity index (χ1n) is 5.92. The molecule has 20 heavy (non-hydrogen) atoms. The van der Waals surface area contributed by atoms with E-state index in [4.69, 9.17) is 28.3 Å². The number of nitro benzene ring substituents is 1. The first kappa shape index (κ1) is 14.9. The van der Waals surface area contributed by atoms with E-state index in [0.29, 0.717) is 12.2 Å². The summed E-state index contributed by atoms with van der Waals surface area (Å²) >= 11 is 11.7. The predicted octanol–water partition coefficient (Wildman–Crippen LogP) is 3.06. The Morgan fingerprint density at radius 3 is 2.50 bits per heavy atom. The summed E-state index contributed by atoms with van der Waals surface area (Å²) in [5.41, 5.74) is 0.137. The Kier molecular flexibility index (Phi) is 4.06. The summed E-state index contributed by atoms with van der Waals surface area (Å²) in [6.07, 6.45) is 0. The van der Waals surface area contributed by atoms with Crippen molar-refractivity contribution in [3.05, 3.63) is 32.3 Å². The van der Waals surface area contributed by atoms with E-state index in [0.717, 1.165) is 0 Å². The minimum atomic E-state index is -0.900. The van der Waals surface area contributed by atoms with Gasteiger partial charge in [-0.25, -0.2) is 0 Å². The second kappa shape index (κ2) is 5.46. The highest BCUT2D eigenvalue weighted by molar-refractivity contribution is 6.42. The maximum absolute atomic E-state index is 11.1. The number of hydrogen-bond acceptors (Lipinski definition) is 4. The van der Waals surface area contributed by atoms with Gasteiger partial charge >= 0.3 is 5.97 Å². The normalized spacial score (nSPS) is 22.1. The van der Waals surface area contributed by atoms with Gasteiger partial charge in [0.15, 0.2) is 0 Å². The second-order valence-corrected chi connectivity index (χ2v) is 5.65. The summed E-state index contributed by atoms with van der Waals surface area (Å²) in [5.74, 6) is -1.55. The highest BCUT2D eigenvalue weighted by Crippen LogP contribution is 2.39. The molecule has 0 amide bonds. The van der Waals surface area contributed by atoms with Gasteiger partial charge in [-0.2, -0.15) is 0 Å². The molecule has 0 bridgehead atoms. The molecule has 2 unspecified atom stereocenters. The number of nitrogens with zero attached hydrogens (tertiary/aromatic N) is 2. The van der Waals surface area contributed by atoms with Crippen molar-refractivity contribution in [2.45, 2.75) is 6.92 Å². The quantitative estimate of drug-likeness (QED) is 0.684. The van der Waals surface area contributed by atoms with Crippen LogP contribution in [0.2, 0.25) is 10.0 Å². The summed E-state index contributed by atoms with van der Waals surface area (Å²) in [4.78, 5) is 23.3. The number of hydrogen-bond donors (Lipinski definition) is 1. The van der Waals surface area contributed by atoms with Crippen molar-refractivity contribution in [1.82, 2.24) is 0 Å². The van der Waals surface area contributed by atoms with Crippen molar-refractivity contribution >= 4 is 40.5 Å². The molecule has 2 rings (SSSR count). The lowest BCUT2D eigenvalue weighted by Gasteiger charge is -2.18. The van der Waals surface area contributed by atoms with E-state index < -0.39 is 16.8 Å². The van der Waals surface area contributed by atoms with Crippen LogP contribution >= 0.6 is 23.2 Å². The molecule has 0 radical (unpaired) electrons. The molecule has 0 aliphatic carbocycles. The molecule has 0 aromatic heterocycles. The Morgan fingerprint density at radius 1 is 1.40 bits per heavy atom. The molecule has 8 heteroatoms. The zero-order chi connectivity index (χ0) is 15.0. The average Bonchev–Trinajstić information content (AvgIpc) is 2.74. The molecule has 1 saturated heterocycles. The molecule has 1 fully saturated rings. The maximum Gasteiger partial charge on any atom is 0.308 e. The monoisotopic (exact) mass is 318 g/mol. The summed E-state index contributed by atoms with van der Waals surface area (Å²) in [7, 11) is 0. The molecule has 0 saturated carbocycles. The summed E-state index contributed by atoms with van der Waals surface area (Å²) in [6, 6.07) is 2.61. The van der Waals surface area contributed by atoms with E-state index in [9.17, 15) is 14.9 Å². The molecule has 6 nitrogen and oxygen atoms in total. The molecule has 1 heterocycles. The molecule has 1 aromatic rings. The number of nitro groups is 1. The van der Waals surface area contributed by atoms with Gasteiger partial charge in [-0.3, -0.25) is 14.9 Å². The highest BCUT2D eigenvalue weighted by atomic mass is 35.5. The van der Waals surface area contributed by atoms with E-state index in [1.165, 1.54) is 12.1 Å². The van der Waals surface area contributed by atoms with Crippen LogP contribution in [0.3, 0.4) is 0 Å². The van der Waals surface area contributed by atoms with Gasteiger partial charge < -0.3 is 10.0 Å². The lowest BCUT2D eigenvalue weighted by molar-refractivity contribution is -0.384. The van der Waals surface area contributed by atoms with Gasteiger partial charge in [0, 0.05) is 19.2 Å². The topological polar surface area (TPSA) is 83.7 Å². The summed E-state index contributed by atoms with van der Waals surface area (Å²) in [6.45, 7) is 2.45. The van der Waals surface area contributed by atoms with E-state index >= 15 is 0 Å². The first-order valence-corrected chi connectivity index (χ1v) is 6.68. The van der Waals surface area contributed by atoms with Crippen LogP contribution in [-0.2, 0) is 4.79 Å². The molecule has 1 aliphatic rings. The van der Waals surface area contributed by atoms with Gasteiger partial charge in [0.05, 0.1) is 20.9 Å². The van der Waals surface area contributed by atoms with Crippen molar-refractivity contribution in [3.8, 4) is 0 Å². The number of anilines is 1. The first-order chi connectivity index (χ1) is 9.31. The fourth-order valence-electron chi connectivity index (χ4n) is 2.41. The van der Waals surface area contributed by atoms with Crippen molar-refractivity contribution in [2.24, 2.45) is 11.8 Å². The summed E-state index contributed by atoms with van der Waals surface area (Å²) < 4.78 is 0. The molecule has 2 atom stereocenters. The van der Waals surface area contributed by atoms with Crippen LogP contribution < -0.4 is 4.90 Å². The largest absolute Gasteiger partial charge is 0.481 e. The van der Waals surface area contributed by atoms with Crippen molar-refractivity contribution < 1.29 is 14.8 Å². The Labute approximate surface area is 125 Å². The molecule has 1 N–H and O–H groups in total. The second-order valence-electron chi connectivity index (χ2n) is 4.84. The average molecular weight is 319 g/mol. The zero-order valence-corrected chi connectivity index (χ0v) is 12.1. The Morgan fingerprint density at radius 2 is 2.00 bits per heavy atom. The van der Waals surface area contributed by atoms with Gasteiger partial charge in [0.25, 0.3) is 5.69 Å².